The van der Waals surface area contributed by atoms with Crippen LogP contribution in [0.15, 0.2) is 4.99 Å². The zero-order valence-corrected chi connectivity index (χ0v) is 8.44. The molecule has 82 valence electrons. The van der Waals surface area contributed by atoms with Crippen LogP contribution in [0.1, 0.15) is 19.8 Å². The van der Waals surface area contributed by atoms with E-state index in [4.69, 9.17) is 22.9 Å². The molecule has 0 rings (SSSR count). The number of guanidine groups is 1. The molecule has 8 N–H and O–H groups in total. The third-order valence-electron chi connectivity index (χ3n) is 1.78. The van der Waals surface area contributed by atoms with E-state index in [-0.39, 0.29) is 11.7 Å². The molecule has 0 bridgehead atoms. The number of Topliss-reactive ketones (excluding diaryl/α,β-unsaturated/α-hetero) is 1. The lowest BCUT2D eigenvalue weighted by atomic mass is 10.0. The first-order chi connectivity index (χ1) is 6.45. The fourth-order valence-electron chi connectivity index (χ4n) is 0.999. The van der Waals surface area contributed by atoms with Crippen molar-refractivity contribution in [3.8, 4) is 0 Å². The first kappa shape index (κ1) is 12.9. The van der Waals surface area contributed by atoms with Crippen LogP contribution in [0, 0.1) is 0 Å². The molecule has 0 amide bonds. The summed E-state index contributed by atoms with van der Waals surface area (Å²) in [6.07, 6.45) is 1.23. The second-order valence-electron chi connectivity index (χ2n) is 3.25. The normalized spacial score (nSPS) is 14.5. The molecule has 14 heavy (non-hydrogen) atoms. The topological polar surface area (TPSA) is 134 Å². The highest BCUT2D eigenvalue weighted by Crippen LogP contribution is 1.98. The predicted molar refractivity (Wildman–Crippen MR) is 56.5 cm³/mol. The number of hydrogen-bond donors (Lipinski definition) is 4. The van der Waals surface area contributed by atoms with Gasteiger partial charge in [0.2, 0.25) is 0 Å². The number of hydrogen-bond acceptors (Lipinski definition) is 4. The van der Waals surface area contributed by atoms with Gasteiger partial charge in [0.15, 0.2) is 11.7 Å². The van der Waals surface area contributed by atoms with Gasteiger partial charge >= 0.3 is 0 Å². The molecule has 0 heterocycles. The van der Waals surface area contributed by atoms with Crippen LogP contribution < -0.4 is 22.9 Å². The maximum absolute atomic E-state index is 11.2. The maximum atomic E-state index is 11.2. The Balaban J connectivity index is 3.69. The maximum Gasteiger partial charge on any atom is 0.185 e. The molecule has 0 fully saturated rings. The summed E-state index contributed by atoms with van der Waals surface area (Å²) in [6.45, 7) is 2.11. The van der Waals surface area contributed by atoms with Crippen molar-refractivity contribution in [3.05, 3.63) is 0 Å². The Morgan fingerprint density at radius 1 is 1.36 bits per heavy atom. The van der Waals surface area contributed by atoms with Crippen LogP contribution >= 0.6 is 0 Å². The molecule has 0 saturated carbocycles. The second kappa shape index (κ2) is 6.33. The molecule has 6 heteroatoms. The Bertz CT molecular complexity index is 210. The molecule has 0 aromatic rings. The van der Waals surface area contributed by atoms with E-state index in [2.05, 4.69) is 4.99 Å². The van der Waals surface area contributed by atoms with Gasteiger partial charge in [-0.05, 0) is 19.8 Å². The molecule has 6 nitrogen and oxygen atoms in total. The molecular formula is C8H19N5O. The first-order valence-corrected chi connectivity index (χ1v) is 4.55. The van der Waals surface area contributed by atoms with E-state index in [1.807, 2.05) is 0 Å². The predicted octanol–water partition coefficient (Wildman–Crippen LogP) is -1.72. The highest BCUT2D eigenvalue weighted by Gasteiger charge is 2.16. The van der Waals surface area contributed by atoms with E-state index in [9.17, 15) is 4.79 Å². The Morgan fingerprint density at radius 2 is 1.93 bits per heavy atom. The van der Waals surface area contributed by atoms with E-state index in [1.54, 1.807) is 6.92 Å². The average Bonchev–Trinajstić information content (AvgIpc) is 2.10. The lowest BCUT2D eigenvalue weighted by Crippen LogP contribution is -2.41. The van der Waals surface area contributed by atoms with E-state index in [0.717, 1.165) is 0 Å². The molecule has 0 radical (unpaired) electrons. The Hall–Kier alpha value is -1.14. The van der Waals surface area contributed by atoms with Crippen LogP contribution in [0.25, 0.3) is 0 Å². The fraction of sp³-hybridized carbons (Fsp3) is 0.750. The number of rotatable bonds is 6. The Morgan fingerprint density at radius 3 is 2.36 bits per heavy atom. The van der Waals surface area contributed by atoms with Crippen LogP contribution in [0.2, 0.25) is 0 Å². The summed E-state index contributed by atoms with van der Waals surface area (Å²) < 4.78 is 0. The van der Waals surface area contributed by atoms with Gasteiger partial charge in [-0.1, -0.05) is 0 Å². The van der Waals surface area contributed by atoms with Gasteiger partial charge in [0.25, 0.3) is 0 Å². The number of ketones is 1. The summed E-state index contributed by atoms with van der Waals surface area (Å²) in [7, 11) is 0. The summed E-state index contributed by atoms with van der Waals surface area (Å²) in [6, 6.07) is -1.02. The molecule has 0 aliphatic rings. The number of nitrogens with zero attached hydrogens (tertiary/aromatic N) is 1. The van der Waals surface area contributed by atoms with Gasteiger partial charge in [-0.2, -0.15) is 0 Å². The quantitative estimate of drug-likeness (QED) is 0.230. The van der Waals surface area contributed by atoms with Gasteiger partial charge in [-0.25, -0.2) is 0 Å². The second-order valence-corrected chi connectivity index (χ2v) is 3.25. The van der Waals surface area contributed by atoms with Crippen molar-refractivity contribution in [1.82, 2.24) is 0 Å². The minimum Gasteiger partial charge on any atom is -0.370 e. The molecule has 0 aromatic heterocycles. The lowest BCUT2D eigenvalue weighted by Gasteiger charge is -2.11. The SMILES string of the molecule is CC(N)C(=O)C(N)CCCN=C(N)N. The van der Waals surface area contributed by atoms with Crippen LogP contribution in [0.3, 0.4) is 0 Å². The molecule has 2 atom stereocenters. The summed E-state index contributed by atoms with van der Waals surface area (Å²) in [5.74, 6) is -0.0770. The van der Waals surface area contributed by atoms with E-state index in [0.29, 0.717) is 19.4 Å². The molecule has 0 spiro atoms. The van der Waals surface area contributed by atoms with Gasteiger partial charge < -0.3 is 22.9 Å². The van der Waals surface area contributed by atoms with Gasteiger partial charge in [0, 0.05) is 6.54 Å². The van der Waals surface area contributed by atoms with Crippen LogP contribution in [0.4, 0.5) is 0 Å². The zero-order chi connectivity index (χ0) is 11.1. The van der Waals surface area contributed by atoms with Gasteiger partial charge in [-0.15, -0.1) is 0 Å². The summed E-state index contributed by atoms with van der Waals surface area (Å²) in [4.78, 5) is 15.0. The first-order valence-electron chi connectivity index (χ1n) is 4.55. The Kier molecular flexibility index (Phi) is 5.82. The molecule has 0 aliphatic heterocycles. The summed E-state index contributed by atoms with van der Waals surface area (Å²) in [5, 5.41) is 0. The lowest BCUT2D eigenvalue weighted by molar-refractivity contribution is -0.121. The highest BCUT2D eigenvalue weighted by molar-refractivity contribution is 5.88. The number of carbonyl (C=O) groups is 1. The van der Waals surface area contributed by atoms with Crippen molar-refractivity contribution in [2.24, 2.45) is 27.9 Å². The van der Waals surface area contributed by atoms with Crippen molar-refractivity contribution in [1.29, 1.82) is 0 Å². The van der Waals surface area contributed by atoms with E-state index >= 15 is 0 Å². The standard InChI is InChI=1S/C8H19N5O/c1-5(9)7(14)6(10)3-2-4-13-8(11)12/h5-6H,2-4,9-10H2,1H3,(H4,11,12,13). The minimum absolute atomic E-state index is 0.0529. The zero-order valence-electron chi connectivity index (χ0n) is 8.44. The largest absolute Gasteiger partial charge is 0.370 e. The third kappa shape index (κ3) is 5.50. The fourth-order valence-corrected chi connectivity index (χ4v) is 0.999. The van der Waals surface area contributed by atoms with Crippen LogP contribution in [0.5, 0.6) is 0 Å². The van der Waals surface area contributed by atoms with Crippen molar-refractivity contribution < 1.29 is 4.79 Å². The molecule has 0 saturated heterocycles. The minimum atomic E-state index is -0.510. The molecular weight excluding hydrogens is 182 g/mol. The van der Waals surface area contributed by atoms with Crippen LogP contribution in [-0.4, -0.2) is 30.4 Å². The number of carbonyl (C=O) groups excluding carboxylic acids is 1. The monoisotopic (exact) mass is 201 g/mol. The summed E-state index contributed by atoms with van der Waals surface area (Å²) in [5.41, 5.74) is 21.2. The highest BCUT2D eigenvalue weighted by atomic mass is 16.1. The van der Waals surface area contributed by atoms with Gasteiger partial charge in [0.05, 0.1) is 12.1 Å². The summed E-state index contributed by atoms with van der Waals surface area (Å²) >= 11 is 0. The van der Waals surface area contributed by atoms with Crippen molar-refractivity contribution in [2.75, 3.05) is 6.54 Å². The third-order valence-corrected chi connectivity index (χ3v) is 1.78. The number of aliphatic imine (C=N–C) groups is 1. The molecule has 2 unspecified atom stereocenters. The van der Waals surface area contributed by atoms with Gasteiger partial charge in [0.1, 0.15) is 0 Å². The van der Waals surface area contributed by atoms with Gasteiger partial charge in [-0.3, -0.25) is 9.79 Å². The average molecular weight is 201 g/mol. The van der Waals surface area contributed by atoms with Crippen molar-refractivity contribution in [2.45, 2.75) is 31.8 Å². The van der Waals surface area contributed by atoms with Crippen molar-refractivity contribution >= 4 is 11.7 Å². The van der Waals surface area contributed by atoms with Crippen molar-refractivity contribution in [3.63, 3.8) is 0 Å². The van der Waals surface area contributed by atoms with E-state index in [1.165, 1.54) is 0 Å². The molecule has 0 aromatic carbocycles. The molecule has 0 aliphatic carbocycles. The smallest absolute Gasteiger partial charge is 0.185 e. The Labute approximate surface area is 83.7 Å². The van der Waals surface area contributed by atoms with Crippen LogP contribution in [-0.2, 0) is 4.79 Å². The van der Waals surface area contributed by atoms with E-state index < -0.39 is 12.1 Å². The number of nitrogens with two attached hydrogens (primary N) is 4.